The first-order valence-corrected chi connectivity index (χ1v) is 10.6. The fourth-order valence-corrected chi connectivity index (χ4v) is 4.35. The van der Waals surface area contributed by atoms with E-state index in [1.54, 1.807) is 18.7 Å². The number of hydrogen-bond donors (Lipinski definition) is 2. The van der Waals surface area contributed by atoms with E-state index < -0.39 is 17.2 Å². The zero-order valence-electron chi connectivity index (χ0n) is 18.1. The van der Waals surface area contributed by atoms with Crippen LogP contribution in [0.4, 0.5) is 4.79 Å². The van der Waals surface area contributed by atoms with Crippen LogP contribution in [-0.2, 0) is 9.59 Å². The number of carbonyl (C=O) groups is 4. The highest BCUT2D eigenvalue weighted by atomic mass is 16.5. The highest BCUT2D eigenvalue weighted by molar-refractivity contribution is 6.06. The lowest BCUT2D eigenvalue weighted by molar-refractivity contribution is -0.135. The normalized spacial score (nSPS) is 21.8. The second kappa shape index (κ2) is 7.55. The molecule has 0 bridgehead atoms. The number of likely N-dealkylation sites (tertiary alicyclic amines) is 1. The average Bonchev–Trinajstić information content (AvgIpc) is 2.83. The molecule has 1 spiro atoms. The molecule has 0 aromatic heterocycles. The molecule has 31 heavy (non-hydrogen) atoms. The Bertz CT molecular complexity index is 949. The lowest BCUT2D eigenvalue weighted by Crippen LogP contribution is -2.54. The fourth-order valence-electron chi connectivity index (χ4n) is 4.35. The number of nitrogens with zero attached hydrogens (tertiary/aromatic N) is 2. The van der Waals surface area contributed by atoms with Crippen LogP contribution in [0, 0.1) is 6.92 Å². The molecule has 0 aliphatic carbocycles. The summed E-state index contributed by atoms with van der Waals surface area (Å²) in [5, 5.41) is 5.57. The average molecular weight is 428 g/mol. The summed E-state index contributed by atoms with van der Waals surface area (Å²) < 4.78 is 6.30. The quantitative estimate of drug-likeness (QED) is 0.704. The van der Waals surface area contributed by atoms with Crippen molar-refractivity contribution in [3.05, 3.63) is 29.3 Å². The molecule has 2 N–H and O–H groups in total. The predicted octanol–water partition coefficient (Wildman–Crippen LogP) is 1.20. The Morgan fingerprint density at radius 2 is 1.87 bits per heavy atom. The van der Waals surface area contributed by atoms with Crippen molar-refractivity contribution in [1.29, 1.82) is 0 Å². The lowest BCUT2D eigenvalue weighted by Gasteiger charge is -2.41. The second-order valence-electron chi connectivity index (χ2n) is 9.11. The zero-order valence-corrected chi connectivity index (χ0v) is 18.1. The van der Waals surface area contributed by atoms with Crippen molar-refractivity contribution in [3.8, 4) is 5.75 Å². The van der Waals surface area contributed by atoms with Gasteiger partial charge in [-0.2, -0.15) is 0 Å². The molecule has 166 valence electrons. The molecule has 3 aliphatic rings. The predicted molar refractivity (Wildman–Crippen MR) is 112 cm³/mol. The van der Waals surface area contributed by atoms with Gasteiger partial charge in [0.1, 0.15) is 16.9 Å². The summed E-state index contributed by atoms with van der Waals surface area (Å²) in [5.74, 6) is 0.000321. The maximum atomic E-state index is 12.7. The van der Waals surface area contributed by atoms with Gasteiger partial charge in [-0.05, 0) is 32.9 Å². The molecule has 9 heteroatoms. The highest BCUT2D eigenvalue weighted by Gasteiger charge is 2.45. The maximum Gasteiger partial charge on any atom is 0.325 e. The number of ether oxygens (including phenoxy) is 1. The molecule has 0 radical (unpaired) electrons. The molecule has 1 aromatic rings. The zero-order chi connectivity index (χ0) is 22.4. The minimum atomic E-state index is -0.937. The number of hydrogen-bond acceptors (Lipinski definition) is 5. The molecule has 4 rings (SSSR count). The van der Waals surface area contributed by atoms with Crippen molar-refractivity contribution in [1.82, 2.24) is 20.4 Å². The third-order valence-electron chi connectivity index (χ3n) is 6.30. The Kier molecular flexibility index (Phi) is 5.15. The van der Waals surface area contributed by atoms with Crippen LogP contribution in [-0.4, -0.2) is 70.9 Å². The summed E-state index contributed by atoms with van der Waals surface area (Å²) in [5.41, 5.74) is 0.0319. The summed E-state index contributed by atoms with van der Waals surface area (Å²) >= 11 is 0. The minimum Gasteiger partial charge on any atom is -0.484 e. The van der Waals surface area contributed by atoms with Gasteiger partial charge in [0.05, 0.1) is 12.1 Å². The molecular weight excluding hydrogens is 400 g/mol. The van der Waals surface area contributed by atoms with E-state index in [0.717, 1.165) is 10.5 Å². The van der Waals surface area contributed by atoms with Gasteiger partial charge in [0, 0.05) is 38.9 Å². The van der Waals surface area contributed by atoms with E-state index in [1.807, 2.05) is 25.1 Å². The number of urea groups is 1. The van der Waals surface area contributed by atoms with Crippen LogP contribution >= 0.6 is 0 Å². The first-order chi connectivity index (χ1) is 14.6. The van der Waals surface area contributed by atoms with Gasteiger partial charge in [-0.1, -0.05) is 11.6 Å². The lowest BCUT2D eigenvalue weighted by atomic mass is 9.90. The number of amides is 5. The Hall–Kier alpha value is -3.10. The third kappa shape index (κ3) is 3.96. The molecule has 9 nitrogen and oxygen atoms in total. The van der Waals surface area contributed by atoms with Crippen molar-refractivity contribution in [2.45, 2.75) is 51.2 Å². The number of fused-ring (bicyclic) bond motifs is 1. The van der Waals surface area contributed by atoms with Gasteiger partial charge >= 0.3 is 6.03 Å². The molecule has 0 atom stereocenters. The van der Waals surface area contributed by atoms with Crippen LogP contribution in [0.5, 0.6) is 5.75 Å². The molecule has 0 unspecified atom stereocenters. The van der Waals surface area contributed by atoms with Gasteiger partial charge in [-0.25, -0.2) is 4.79 Å². The number of nitrogens with one attached hydrogen (secondary N) is 2. The standard InChI is InChI=1S/C22H28N4O5/c1-14-4-5-16-15(12-14)18(28)23-13-22(31-16)7-10-25(11-8-22)17(27)6-9-26-19(29)21(2,3)24-20(26)30/h4-5,12H,6-11,13H2,1-3H3,(H,23,28)(H,24,30). The van der Waals surface area contributed by atoms with E-state index in [1.165, 1.54) is 0 Å². The minimum absolute atomic E-state index is 0.0633. The van der Waals surface area contributed by atoms with Crippen molar-refractivity contribution < 1.29 is 23.9 Å². The summed E-state index contributed by atoms with van der Waals surface area (Å²) in [4.78, 5) is 52.3. The van der Waals surface area contributed by atoms with Crippen LogP contribution in [0.15, 0.2) is 18.2 Å². The van der Waals surface area contributed by atoms with Gasteiger partial charge in [0.25, 0.3) is 11.8 Å². The van der Waals surface area contributed by atoms with E-state index in [2.05, 4.69) is 10.6 Å². The molecular formula is C22H28N4O5. The fraction of sp³-hybridized carbons (Fsp3) is 0.545. The van der Waals surface area contributed by atoms with Crippen molar-refractivity contribution in [2.24, 2.45) is 0 Å². The molecule has 5 amide bonds. The molecule has 3 aliphatic heterocycles. The van der Waals surface area contributed by atoms with Crippen molar-refractivity contribution >= 4 is 23.8 Å². The SMILES string of the molecule is Cc1ccc2c(c1)C(=O)NCC1(CCN(C(=O)CCN3C(=O)NC(C)(C)C3=O)CC1)O2. The molecule has 2 fully saturated rings. The van der Waals surface area contributed by atoms with E-state index >= 15 is 0 Å². The summed E-state index contributed by atoms with van der Waals surface area (Å²) in [6.07, 6.45) is 1.26. The van der Waals surface area contributed by atoms with Crippen LogP contribution in [0.1, 0.15) is 49.0 Å². The van der Waals surface area contributed by atoms with Crippen LogP contribution < -0.4 is 15.4 Å². The van der Waals surface area contributed by atoms with Gasteiger partial charge in [0.15, 0.2) is 0 Å². The van der Waals surface area contributed by atoms with Crippen LogP contribution in [0.2, 0.25) is 0 Å². The molecule has 2 saturated heterocycles. The van der Waals surface area contributed by atoms with Gasteiger partial charge in [-0.3, -0.25) is 19.3 Å². The molecule has 3 heterocycles. The number of rotatable bonds is 3. The van der Waals surface area contributed by atoms with Crippen LogP contribution in [0.3, 0.4) is 0 Å². The molecule has 0 saturated carbocycles. The van der Waals surface area contributed by atoms with Crippen molar-refractivity contribution in [2.75, 3.05) is 26.2 Å². The second-order valence-corrected chi connectivity index (χ2v) is 9.11. The van der Waals surface area contributed by atoms with E-state index in [9.17, 15) is 19.2 Å². The largest absolute Gasteiger partial charge is 0.484 e. The Morgan fingerprint density at radius 3 is 2.52 bits per heavy atom. The smallest absolute Gasteiger partial charge is 0.325 e. The van der Waals surface area contributed by atoms with E-state index in [-0.39, 0.29) is 30.7 Å². The Labute approximate surface area is 181 Å². The van der Waals surface area contributed by atoms with Gasteiger partial charge in [0.2, 0.25) is 5.91 Å². The van der Waals surface area contributed by atoms with Gasteiger partial charge in [-0.15, -0.1) is 0 Å². The topological polar surface area (TPSA) is 108 Å². The number of aryl methyl sites for hydroxylation is 1. The summed E-state index contributed by atoms with van der Waals surface area (Å²) in [6.45, 7) is 6.64. The summed E-state index contributed by atoms with van der Waals surface area (Å²) in [7, 11) is 0. The number of imide groups is 1. The number of piperidine rings is 1. The molecule has 1 aromatic carbocycles. The number of benzene rings is 1. The summed E-state index contributed by atoms with van der Waals surface area (Å²) in [6, 6.07) is 5.10. The van der Waals surface area contributed by atoms with E-state index in [0.29, 0.717) is 43.8 Å². The Morgan fingerprint density at radius 1 is 1.16 bits per heavy atom. The first kappa shape index (κ1) is 21.1. The first-order valence-electron chi connectivity index (χ1n) is 10.6. The maximum absolute atomic E-state index is 12.7. The number of carbonyl (C=O) groups excluding carboxylic acids is 4. The van der Waals surface area contributed by atoms with Gasteiger partial charge < -0.3 is 20.3 Å². The Balaban J connectivity index is 1.36. The van der Waals surface area contributed by atoms with Crippen LogP contribution in [0.25, 0.3) is 0 Å². The highest BCUT2D eigenvalue weighted by Crippen LogP contribution is 2.33. The van der Waals surface area contributed by atoms with Crippen molar-refractivity contribution in [3.63, 3.8) is 0 Å². The van der Waals surface area contributed by atoms with E-state index in [4.69, 9.17) is 4.74 Å². The third-order valence-corrected chi connectivity index (χ3v) is 6.30. The monoisotopic (exact) mass is 428 g/mol.